The second-order valence-corrected chi connectivity index (χ2v) is 5.26. The molecule has 2 heteroatoms. The van der Waals surface area contributed by atoms with Crippen molar-refractivity contribution in [2.45, 2.75) is 32.2 Å². The molecule has 1 aliphatic heterocycles. The van der Waals surface area contributed by atoms with Crippen molar-refractivity contribution >= 4 is 0 Å². The first-order chi connectivity index (χ1) is 8.25. The van der Waals surface area contributed by atoms with Gasteiger partial charge in [-0.05, 0) is 31.4 Å². The van der Waals surface area contributed by atoms with Crippen molar-refractivity contribution in [2.75, 3.05) is 26.2 Å². The predicted octanol–water partition coefficient (Wildman–Crippen LogP) is 2.47. The van der Waals surface area contributed by atoms with Crippen LogP contribution in [0.3, 0.4) is 0 Å². The Balaban J connectivity index is 1.78. The third kappa shape index (κ3) is 3.83. The van der Waals surface area contributed by atoms with E-state index >= 15 is 0 Å². The van der Waals surface area contributed by atoms with Crippen LogP contribution in [0, 0.1) is 0 Å². The molecule has 1 aliphatic rings. The summed E-state index contributed by atoms with van der Waals surface area (Å²) in [7, 11) is 0. The largest absolute Gasteiger partial charge is 0.312 e. The van der Waals surface area contributed by atoms with Crippen molar-refractivity contribution in [3.05, 3.63) is 35.9 Å². The van der Waals surface area contributed by atoms with Gasteiger partial charge in [-0.3, -0.25) is 0 Å². The predicted molar refractivity (Wildman–Crippen MR) is 73.4 cm³/mol. The third-order valence-corrected chi connectivity index (χ3v) is 3.70. The first-order valence-electron chi connectivity index (χ1n) is 6.76. The normalized spacial score (nSPS) is 23.5. The van der Waals surface area contributed by atoms with E-state index in [0.717, 1.165) is 6.54 Å². The molecule has 0 aliphatic carbocycles. The van der Waals surface area contributed by atoms with Crippen LogP contribution in [0.15, 0.2) is 30.3 Å². The van der Waals surface area contributed by atoms with Gasteiger partial charge < -0.3 is 10.2 Å². The van der Waals surface area contributed by atoms with E-state index in [2.05, 4.69) is 54.4 Å². The maximum absolute atomic E-state index is 3.49. The molecule has 1 aromatic carbocycles. The molecule has 1 saturated heterocycles. The van der Waals surface area contributed by atoms with Gasteiger partial charge in [-0.15, -0.1) is 0 Å². The van der Waals surface area contributed by atoms with Crippen molar-refractivity contribution in [3.8, 4) is 0 Å². The number of rotatable bonds is 4. The van der Waals surface area contributed by atoms with E-state index in [0.29, 0.717) is 12.0 Å². The highest BCUT2D eigenvalue weighted by molar-refractivity contribution is 5.18. The Labute approximate surface area is 105 Å². The van der Waals surface area contributed by atoms with E-state index in [1.165, 1.54) is 31.6 Å². The molecular formula is C15H24N2. The van der Waals surface area contributed by atoms with Crippen molar-refractivity contribution in [2.24, 2.45) is 0 Å². The van der Waals surface area contributed by atoms with Crippen molar-refractivity contribution < 1.29 is 0 Å². The molecule has 17 heavy (non-hydrogen) atoms. The number of benzene rings is 1. The van der Waals surface area contributed by atoms with Crippen LogP contribution in [0.25, 0.3) is 0 Å². The average Bonchev–Trinajstić information content (AvgIpc) is 2.37. The van der Waals surface area contributed by atoms with Crippen LogP contribution in [0.1, 0.15) is 31.7 Å². The maximum Gasteiger partial charge on any atom is 0.0167 e. The minimum Gasteiger partial charge on any atom is -0.312 e. The third-order valence-electron chi connectivity index (χ3n) is 3.70. The standard InChI is InChI=1S/C15H24N2/c1-13(15-6-4-3-5-7-15)8-10-17-11-9-16-14(2)12-17/h3-7,13-14,16H,8-12H2,1-2H3. The van der Waals surface area contributed by atoms with Gasteiger partial charge in [-0.2, -0.15) is 0 Å². The Morgan fingerprint density at radius 3 is 2.82 bits per heavy atom. The molecule has 0 aromatic heterocycles. The van der Waals surface area contributed by atoms with Crippen LogP contribution in [-0.2, 0) is 0 Å². The van der Waals surface area contributed by atoms with Crippen molar-refractivity contribution in [1.82, 2.24) is 10.2 Å². The first kappa shape index (κ1) is 12.6. The lowest BCUT2D eigenvalue weighted by atomic mass is 9.97. The molecule has 1 heterocycles. The number of hydrogen-bond donors (Lipinski definition) is 1. The molecule has 0 spiro atoms. The summed E-state index contributed by atoms with van der Waals surface area (Å²) in [5.41, 5.74) is 1.47. The van der Waals surface area contributed by atoms with Crippen LogP contribution in [0.2, 0.25) is 0 Å². The van der Waals surface area contributed by atoms with Crippen LogP contribution in [-0.4, -0.2) is 37.1 Å². The highest BCUT2D eigenvalue weighted by atomic mass is 15.2. The first-order valence-corrected chi connectivity index (χ1v) is 6.76. The summed E-state index contributed by atoms with van der Waals surface area (Å²) in [6.45, 7) is 9.37. The van der Waals surface area contributed by atoms with Gasteiger partial charge in [0.1, 0.15) is 0 Å². The molecule has 94 valence electrons. The Kier molecular flexibility index (Phi) is 4.57. The van der Waals surface area contributed by atoms with E-state index in [4.69, 9.17) is 0 Å². The molecule has 1 aromatic rings. The number of hydrogen-bond acceptors (Lipinski definition) is 2. The Morgan fingerprint density at radius 1 is 1.35 bits per heavy atom. The van der Waals surface area contributed by atoms with Gasteiger partial charge in [0, 0.05) is 25.7 Å². The highest BCUT2D eigenvalue weighted by Gasteiger charge is 2.16. The average molecular weight is 232 g/mol. The fourth-order valence-electron chi connectivity index (χ4n) is 2.54. The van der Waals surface area contributed by atoms with Gasteiger partial charge in [0.25, 0.3) is 0 Å². The van der Waals surface area contributed by atoms with Gasteiger partial charge in [0.2, 0.25) is 0 Å². The van der Waals surface area contributed by atoms with Crippen molar-refractivity contribution in [3.63, 3.8) is 0 Å². The fourth-order valence-corrected chi connectivity index (χ4v) is 2.54. The van der Waals surface area contributed by atoms with E-state index in [1.807, 2.05) is 0 Å². The lowest BCUT2D eigenvalue weighted by Crippen LogP contribution is -2.49. The van der Waals surface area contributed by atoms with E-state index in [9.17, 15) is 0 Å². The van der Waals surface area contributed by atoms with E-state index < -0.39 is 0 Å². The zero-order valence-corrected chi connectivity index (χ0v) is 11.0. The molecule has 1 N–H and O–H groups in total. The fraction of sp³-hybridized carbons (Fsp3) is 0.600. The molecule has 0 amide bonds. The topological polar surface area (TPSA) is 15.3 Å². The minimum absolute atomic E-state index is 0.649. The SMILES string of the molecule is CC1CN(CCC(C)c2ccccc2)CCN1. The van der Waals surface area contributed by atoms with Crippen LogP contribution >= 0.6 is 0 Å². The summed E-state index contributed by atoms with van der Waals surface area (Å²) in [5.74, 6) is 0.668. The summed E-state index contributed by atoms with van der Waals surface area (Å²) in [6.07, 6.45) is 1.26. The molecule has 0 radical (unpaired) electrons. The summed E-state index contributed by atoms with van der Waals surface area (Å²) in [6, 6.07) is 11.5. The summed E-state index contributed by atoms with van der Waals surface area (Å²) < 4.78 is 0. The quantitative estimate of drug-likeness (QED) is 0.858. The van der Waals surface area contributed by atoms with Gasteiger partial charge >= 0.3 is 0 Å². The molecule has 2 nitrogen and oxygen atoms in total. The lowest BCUT2D eigenvalue weighted by molar-refractivity contribution is 0.201. The molecule has 0 saturated carbocycles. The number of nitrogens with zero attached hydrogens (tertiary/aromatic N) is 1. The Hall–Kier alpha value is -0.860. The molecule has 2 rings (SSSR count). The Bertz CT molecular complexity index is 323. The molecule has 1 fully saturated rings. The summed E-state index contributed by atoms with van der Waals surface area (Å²) in [4.78, 5) is 2.58. The molecule has 2 unspecified atom stereocenters. The molecule has 2 atom stereocenters. The molecular weight excluding hydrogens is 208 g/mol. The summed E-state index contributed by atoms with van der Waals surface area (Å²) in [5, 5.41) is 3.49. The second-order valence-electron chi connectivity index (χ2n) is 5.26. The van der Waals surface area contributed by atoms with Crippen LogP contribution in [0.4, 0.5) is 0 Å². The highest BCUT2D eigenvalue weighted by Crippen LogP contribution is 2.19. The number of nitrogens with one attached hydrogen (secondary N) is 1. The van der Waals surface area contributed by atoms with Crippen LogP contribution in [0.5, 0.6) is 0 Å². The van der Waals surface area contributed by atoms with Gasteiger partial charge in [0.15, 0.2) is 0 Å². The summed E-state index contributed by atoms with van der Waals surface area (Å²) >= 11 is 0. The van der Waals surface area contributed by atoms with Gasteiger partial charge in [0.05, 0.1) is 0 Å². The van der Waals surface area contributed by atoms with Gasteiger partial charge in [-0.25, -0.2) is 0 Å². The zero-order chi connectivity index (χ0) is 12.1. The minimum atomic E-state index is 0.649. The lowest BCUT2D eigenvalue weighted by Gasteiger charge is -2.32. The maximum atomic E-state index is 3.49. The second kappa shape index (κ2) is 6.18. The van der Waals surface area contributed by atoms with Crippen LogP contribution < -0.4 is 5.32 Å². The van der Waals surface area contributed by atoms with Crippen molar-refractivity contribution in [1.29, 1.82) is 0 Å². The molecule has 0 bridgehead atoms. The Morgan fingerprint density at radius 2 is 2.12 bits per heavy atom. The number of piperazine rings is 1. The smallest absolute Gasteiger partial charge is 0.0167 e. The zero-order valence-electron chi connectivity index (χ0n) is 11.0. The van der Waals surface area contributed by atoms with E-state index in [-0.39, 0.29) is 0 Å². The van der Waals surface area contributed by atoms with E-state index in [1.54, 1.807) is 0 Å². The monoisotopic (exact) mass is 232 g/mol. The van der Waals surface area contributed by atoms with Gasteiger partial charge in [-0.1, -0.05) is 37.3 Å².